The second kappa shape index (κ2) is 11.5. The molecule has 0 aliphatic carbocycles. The number of hydrogen-bond acceptors (Lipinski definition) is 5. The Labute approximate surface area is 179 Å². The van der Waals surface area contributed by atoms with Crippen molar-refractivity contribution in [2.75, 3.05) is 32.8 Å². The summed E-state index contributed by atoms with van der Waals surface area (Å²) >= 11 is 0. The largest absolute Gasteiger partial charge is 0.466 e. The predicted molar refractivity (Wildman–Crippen MR) is 117 cm³/mol. The van der Waals surface area contributed by atoms with Gasteiger partial charge in [0.25, 0.3) is 0 Å². The number of esters is 1. The molecule has 1 N–H and O–H groups in total. The van der Waals surface area contributed by atoms with Gasteiger partial charge in [-0.15, -0.1) is 24.0 Å². The lowest BCUT2D eigenvalue weighted by molar-refractivity contribution is -0.149. The van der Waals surface area contributed by atoms with Gasteiger partial charge in [-0.25, -0.2) is 0 Å². The number of aryl methyl sites for hydroxylation is 2. The fraction of sp³-hybridized carbons (Fsp3) is 0.737. The molecule has 1 aliphatic heterocycles. The van der Waals surface area contributed by atoms with Crippen molar-refractivity contribution >= 4 is 35.9 Å². The van der Waals surface area contributed by atoms with E-state index in [1.807, 2.05) is 20.8 Å². The second-order valence-electron chi connectivity index (χ2n) is 6.87. The Bertz CT molecular complexity index is 613. The van der Waals surface area contributed by atoms with Crippen molar-refractivity contribution in [1.29, 1.82) is 0 Å². The molecule has 8 heteroatoms. The number of guanidine groups is 1. The molecular weight excluding hydrogens is 459 g/mol. The average Bonchev–Trinajstić information content (AvgIpc) is 2.97. The summed E-state index contributed by atoms with van der Waals surface area (Å²) in [5.41, 5.74) is 2.06. The molecule has 2 heterocycles. The Morgan fingerprint density at radius 1 is 1.44 bits per heavy atom. The molecule has 0 aromatic carbocycles. The standard InChI is InChI=1S/C19H32N4O3.HI/c1-6-20-19(21-11-13(3)17-14(4)22-26-15(17)5)23-10-8-9-16(12-23)18(24)25-7-2;/h13,16H,6-12H2,1-5H3,(H,20,21);1H. The zero-order valence-corrected chi connectivity index (χ0v) is 19.4. The number of likely N-dealkylation sites (tertiary alicyclic amines) is 1. The van der Waals surface area contributed by atoms with E-state index in [9.17, 15) is 4.79 Å². The first-order chi connectivity index (χ1) is 12.5. The third-order valence-electron chi connectivity index (χ3n) is 4.77. The van der Waals surface area contributed by atoms with E-state index >= 15 is 0 Å². The Balaban J connectivity index is 0.00000364. The lowest BCUT2D eigenvalue weighted by Crippen LogP contribution is -2.48. The maximum Gasteiger partial charge on any atom is 0.310 e. The van der Waals surface area contributed by atoms with Gasteiger partial charge in [0, 0.05) is 37.7 Å². The van der Waals surface area contributed by atoms with Gasteiger partial charge in [0.1, 0.15) is 5.76 Å². The number of carbonyl (C=O) groups excluding carboxylic acids is 1. The Morgan fingerprint density at radius 3 is 2.78 bits per heavy atom. The number of aliphatic imine (C=N–C) groups is 1. The van der Waals surface area contributed by atoms with Crippen molar-refractivity contribution in [3.05, 3.63) is 17.0 Å². The summed E-state index contributed by atoms with van der Waals surface area (Å²) in [5.74, 6) is 1.76. The predicted octanol–water partition coefficient (Wildman–Crippen LogP) is 3.25. The Kier molecular flexibility index (Phi) is 10.1. The van der Waals surface area contributed by atoms with Crippen LogP contribution in [0.2, 0.25) is 0 Å². The van der Waals surface area contributed by atoms with E-state index in [-0.39, 0.29) is 41.8 Å². The fourth-order valence-corrected chi connectivity index (χ4v) is 3.56. The van der Waals surface area contributed by atoms with Crippen LogP contribution in [0.25, 0.3) is 0 Å². The van der Waals surface area contributed by atoms with Crippen molar-refractivity contribution in [1.82, 2.24) is 15.4 Å². The van der Waals surface area contributed by atoms with Crippen LogP contribution in [0.15, 0.2) is 9.52 Å². The van der Waals surface area contributed by atoms with Gasteiger partial charge >= 0.3 is 5.97 Å². The molecule has 2 rings (SSSR count). The lowest BCUT2D eigenvalue weighted by Gasteiger charge is -2.34. The molecule has 1 aliphatic rings. The zero-order chi connectivity index (χ0) is 19.1. The van der Waals surface area contributed by atoms with Crippen LogP contribution in [0.3, 0.4) is 0 Å². The molecule has 0 bridgehead atoms. The fourth-order valence-electron chi connectivity index (χ4n) is 3.56. The van der Waals surface area contributed by atoms with E-state index in [4.69, 9.17) is 14.3 Å². The van der Waals surface area contributed by atoms with Crippen LogP contribution in [0.4, 0.5) is 0 Å². The monoisotopic (exact) mass is 492 g/mol. The third-order valence-corrected chi connectivity index (χ3v) is 4.77. The van der Waals surface area contributed by atoms with Crippen molar-refractivity contribution in [3.63, 3.8) is 0 Å². The highest BCUT2D eigenvalue weighted by Gasteiger charge is 2.28. The summed E-state index contributed by atoms with van der Waals surface area (Å²) < 4.78 is 10.5. The molecule has 154 valence electrons. The number of rotatable bonds is 6. The highest BCUT2D eigenvalue weighted by atomic mass is 127. The number of aromatic nitrogens is 1. The summed E-state index contributed by atoms with van der Waals surface area (Å²) in [6, 6.07) is 0. The second-order valence-corrected chi connectivity index (χ2v) is 6.87. The van der Waals surface area contributed by atoms with Gasteiger partial charge in [-0.05, 0) is 40.5 Å². The molecule has 0 saturated carbocycles. The highest BCUT2D eigenvalue weighted by Crippen LogP contribution is 2.24. The maximum atomic E-state index is 12.1. The number of halogens is 1. The SMILES string of the molecule is CCNC(=NCC(C)c1c(C)noc1C)N1CCCC(C(=O)OCC)C1.I. The van der Waals surface area contributed by atoms with Crippen LogP contribution in [0, 0.1) is 19.8 Å². The molecule has 2 atom stereocenters. The molecule has 0 radical (unpaired) electrons. The molecule has 0 spiro atoms. The van der Waals surface area contributed by atoms with E-state index in [0.717, 1.165) is 48.9 Å². The quantitative estimate of drug-likeness (QED) is 0.284. The first kappa shape index (κ1) is 23.7. The number of hydrogen-bond donors (Lipinski definition) is 1. The van der Waals surface area contributed by atoms with E-state index in [1.54, 1.807) is 0 Å². The summed E-state index contributed by atoms with van der Waals surface area (Å²) in [6.45, 7) is 13.4. The molecule has 1 aromatic rings. The van der Waals surface area contributed by atoms with Crippen molar-refractivity contribution in [2.45, 2.75) is 53.4 Å². The summed E-state index contributed by atoms with van der Waals surface area (Å²) in [7, 11) is 0. The molecule has 27 heavy (non-hydrogen) atoms. The number of nitrogens with zero attached hydrogens (tertiary/aromatic N) is 3. The molecule has 0 amide bonds. The van der Waals surface area contributed by atoms with Crippen molar-refractivity contribution in [3.8, 4) is 0 Å². The van der Waals surface area contributed by atoms with Gasteiger partial charge < -0.3 is 19.5 Å². The van der Waals surface area contributed by atoms with Gasteiger partial charge in [0.15, 0.2) is 5.96 Å². The molecule has 2 unspecified atom stereocenters. The lowest BCUT2D eigenvalue weighted by atomic mass is 9.98. The van der Waals surface area contributed by atoms with E-state index in [1.165, 1.54) is 0 Å². The minimum absolute atomic E-state index is 0. The summed E-state index contributed by atoms with van der Waals surface area (Å²) in [4.78, 5) is 19.1. The average molecular weight is 492 g/mol. The van der Waals surface area contributed by atoms with Gasteiger partial charge in [-0.1, -0.05) is 12.1 Å². The molecule has 1 fully saturated rings. The Hall–Kier alpha value is -1.32. The molecular formula is C19H33IN4O3. The smallest absolute Gasteiger partial charge is 0.310 e. The van der Waals surface area contributed by atoms with Gasteiger partial charge in [0.05, 0.1) is 18.2 Å². The van der Waals surface area contributed by atoms with Crippen LogP contribution in [0.1, 0.15) is 56.5 Å². The van der Waals surface area contributed by atoms with Crippen LogP contribution in [-0.2, 0) is 9.53 Å². The van der Waals surface area contributed by atoms with Gasteiger partial charge in [-0.2, -0.15) is 0 Å². The number of carbonyl (C=O) groups is 1. The van der Waals surface area contributed by atoms with Crippen LogP contribution >= 0.6 is 24.0 Å². The molecule has 1 saturated heterocycles. The minimum Gasteiger partial charge on any atom is -0.466 e. The first-order valence-corrected chi connectivity index (χ1v) is 9.60. The normalized spacial score (nSPS) is 18.6. The van der Waals surface area contributed by atoms with E-state index in [0.29, 0.717) is 19.7 Å². The van der Waals surface area contributed by atoms with Crippen LogP contribution < -0.4 is 5.32 Å². The maximum absolute atomic E-state index is 12.1. The number of nitrogens with one attached hydrogen (secondary N) is 1. The van der Waals surface area contributed by atoms with Crippen molar-refractivity contribution in [2.24, 2.45) is 10.9 Å². The minimum atomic E-state index is -0.0999. The third kappa shape index (κ3) is 6.36. The summed E-state index contributed by atoms with van der Waals surface area (Å²) in [5, 5.41) is 7.39. The zero-order valence-electron chi connectivity index (χ0n) is 17.1. The van der Waals surface area contributed by atoms with Gasteiger partial charge in [0.2, 0.25) is 0 Å². The number of ether oxygens (including phenoxy) is 1. The van der Waals surface area contributed by atoms with Crippen LogP contribution in [-0.4, -0.2) is 54.8 Å². The first-order valence-electron chi connectivity index (χ1n) is 9.60. The topological polar surface area (TPSA) is 80.0 Å². The summed E-state index contributed by atoms with van der Waals surface area (Å²) in [6.07, 6.45) is 1.84. The van der Waals surface area contributed by atoms with E-state index < -0.39 is 0 Å². The molecule has 1 aromatic heterocycles. The van der Waals surface area contributed by atoms with Crippen molar-refractivity contribution < 1.29 is 14.1 Å². The highest BCUT2D eigenvalue weighted by molar-refractivity contribution is 14.0. The molecule has 7 nitrogen and oxygen atoms in total. The number of piperidine rings is 1. The van der Waals surface area contributed by atoms with E-state index in [2.05, 4.69) is 29.2 Å². The van der Waals surface area contributed by atoms with Gasteiger partial charge in [-0.3, -0.25) is 9.79 Å². The van der Waals surface area contributed by atoms with Crippen LogP contribution in [0.5, 0.6) is 0 Å². The Morgan fingerprint density at radius 2 is 2.19 bits per heavy atom.